The van der Waals surface area contributed by atoms with Crippen molar-refractivity contribution in [1.29, 1.82) is 0 Å². The molecule has 1 unspecified atom stereocenters. The average Bonchev–Trinajstić information content (AvgIpc) is 2.66. The van der Waals surface area contributed by atoms with Gasteiger partial charge in [0.2, 0.25) is 0 Å². The number of fused-ring (bicyclic) bond motifs is 1. The van der Waals surface area contributed by atoms with Crippen LogP contribution in [0.4, 0.5) is 18.9 Å². The molecular weight excluding hydrogens is 415 g/mol. The summed E-state index contributed by atoms with van der Waals surface area (Å²) in [5.41, 5.74) is 4.05. The van der Waals surface area contributed by atoms with Gasteiger partial charge in [-0.2, -0.15) is 18.3 Å². The van der Waals surface area contributed by atoms with E-state index in [1.807, 2.05) is 19.2 Å². The third kappa shape index (κ3) is 4.46. The summed E-state index contributed by atoms with van der Waals surface area (Å²) in [4.78, 5) is 14.4. The zero-order chi connectivity index (χ0) is 22.3. The molecule has 0 radical (unpaired) electrons. The second-order valence-electron chi connectivity index (χ2n) is 8.19. The van der Waals surface area contributed by atoms with Crippen LogP contribution >= 0.6 is 11.6 Å². The molecular formula is C22H23ClF3N3O. The van der Waals surface area contributed by atoms with Crippen molar-refractivity contribution in [2.45, 2.75) is 44.8 Å². The monoisotopic (exact) mass is 437 g/mol. The minimum absolute atomic E-state index is 0.00424. The lowest BCUT2D eigenvalue weighted by atomic mass is 9.80. The molecule has 8 heteroatoms. The molecule has 1 N–H and O–H groups in total. The molecule has 0 spiro atoms. The second kappa shape index (κ2) is 7.95. The van der Waals surface area contributed by atoms with Crippen molar-refractivity contribution in [3.63, 3.8) is 0 Å². The number of amides is 1. The van der Waals surface area contributed by atoms with Gasteiger partial charge in [-0.15, -0.1) is 0 Å². The molecule has 1 aliphatic heterocycles. The summed E-state index contributed by atoms with van der Waals surface area (Å²) in [6.07, 6.45) is -2.14. The molecule has 0 fully saturated rings. The zero-order valence-electron chi connectivity index (χ0n) is 17.1. The van der Waals surface area contributed by atoms with Crippen molar-refractivity contribution in [1.82, 2.24) is 5.43 Å². The molecule has 0 aliphatic carbocycles. The van der Waals surface area contributed by atoms with Crippen molar-refractivity contribution in [3.05, 3.63) is 63.7 Å². The number of anilines is 1. The quantitative estimate of drug-likeness (QED) is 0.484. The van der Waals surface area contributed by atoms with Gasteiger partial charge in [0.25, 0.3) is 5.91 Å². The number of benzene rings is 2. The molecule has 0 aromatic heterocycles. The lowest BCUT2D eigenvalue weighted by molar-refractivity contribution is -0.137. The topological polar surface area (TPSA) is 44.7 Å². The Balaban J connectivity index is 1.79. The number of alkyl halides is 3. The number of carbonyl (C=O) groups is 1. The van der Waals surface area contributed by atoms with Crippen LogP contribution in [0.15, 0.2) is 41.5 Å². The first-order valence-corrected chi connectivity index (χ1v) is 9.86. The first kappa shape index (κ1) is 22.2. The standard InChI is InChI=1S/C22H23ClF3N3O/c1-13-11-21(2,3)29(4)19-10-18(23)15(9-17(13)19)12-27-28-20(30)14-6-5-7-16(8-14)22(24,25)26/h5-10,12-13H,11H2,1-4H3,(H,28,30)/b27-12+. The van der Waals surface area contributed by atoms with E-state index in [2.05, 4.69) is 36.2 Å². The van der Waals surface area contributed by atoms with Crippen LogP contribution in [0.25, 0.3) is 0 Å². The molecule has 0 saturated heterocycles. The number of nitrogens with zero attached hydrogens (tertiary/aromatic N) is 2. The Morgan fingerprint density at radius 2 is 2.00 bits per heavy atom. The van der Waals surface area contributed by atoms with E-state index < -0.39 is 17.6 Å². The first-order valence-electron chi connectivity index (χ1n) is 9.48. The molecule has 4 nitrogen and oxygen atoms in total. The molecule has 1 amide bonds. The van der Waals surface area contributed by atoms with E-state index in [1.54, 1.807) is 0 Å². The predicted octanol–water partition coefficient (Wildman–Crippen LogP) is 5.84. The normalized spacial score (nSPS) is 18.4. The smallest absolute Gasteiger partial charge is 0.369 e. The molecule has 1 heterocycles. The molecule has 1 atom stereocenters. The number of hydrogen-bond donors (Lipinski definition) is 1. The van der Waals surface area contributed by atoms with E-state index in [9.17, 15) is 18.0 Å². The van der Waals surface area contributed by atoms with E-state index in [4.69, 9.17) is 11.6 Å². The number of nitrogens with one attached hydrogen (secondary N) is 1. The average molecular weight is 438 g/mol. The van der Waals surface area contributed by atoms with Gasteiger partial charge >= 0.3 is 6.18 Å². The third-order valence-electron chi connectivity index (χ3n) is 5.57. The Bertz CT molecular complexity index is 1000. The van der Waals surface area contributed by atoms with Crippen molar-refractivity contribution in [3.8, 4) is 0 Å². The summed E-state index contributed by atoms with van der Waals surface area (Å²) < 4.78 is 38.4. The molecule has 160 valence electrons. The Labute approximate surface area is 178 Å². The summed E-state index contributed by atoms with van der Waals surface area (Å²) in [5.74, 6) is -0.420. The van der Waals surface area contributed by atoms with Gasteiger partial charge in [-0.05, 0) is 62.1 Å². The summed E-state index contributed by atoms with van der Waals surface area (Å²) in [5, 5.41) is 4.36. The lowest BCUT2D eigenvalue weighted by Gasteiger charge is -2.45. The SMILES string of the molecule is CC1CC(C)(C)N(C)c2cc(Cl)c(/C=N/NC(=O)c3cccc(C(F)(F)F)c3)cc21. The maximum absolute atomic E-state index is 12.8. The summed E-state index contributed by atoms with van der Waals surface area (Å²) >= 11 is 6.41. The summed E-state index contributed by atoms with van der Waals surface area (Å²) in [7, 11) is 2.03. The third-order valence-corrected chi connectivity index (χ3v) is 5.90. The minimum Gasteiger partial charge on any atom is -0.369 e. The fourth-order valence-corrected chi connectivity index (χ4v) is 3.97. The van der Waals surface area contributed by atoms with E-state index in [-0.39, 0.29) is 11.1 Å². The van der Waals surface area contributed by atoms with Crippen LogP contribution in [0.3, 0.4) is 0 Å². The van der Waals surface area contributed by atoms with Gasteiger partial charge in [-0.3, -0.25) is 4.79 Å². The van der Waals surface area contributed by atoms with Crippen LogP contribution < -0.4 is 10.3 Å². The van der Waals surface area contributed by atoms with Crippen molar-refractivity contribution in [2.24, 2.45) is 5.10 Å². The van der Waals surface area contributed by atoms with Crippen LogP contribution in [0.1, 0.15) is 60.2 Å². The fourth-order valence-electron chi connectivity index (χ4n) is 3.77. The van der Waals surface area contributed by atoms with Gasteiger partial charge in [-0.1, -0.05) is 24.6 Å². The maximum atomic E-state index is 12.8. The van der Waals surface area contributed by atoms with Crippen molar-refractivity contribution >= 4 is 29.4 Å². The molecule has 2 aromatic rings. The molecule has 3 rings (SSSR count). The summed E-state index contributed by atoms with van der Waals surface area (Å²) in [6.45, 7) is 6.51. The fraction of sp³-hybridized carbons (Fsp3) is 0.364. The largest absolute Gasteiger partial charge is 0.416 e. The minimum atomic E-state index is -4.52. The highest BCUT2D eigenvalue weighted by atomic mass is 35.5. The van der Waals surface area contributed by atoms with Gasteiger partial charge in [-0.25, -0.2) is 5.43 Å². The van der Waals surface area contributed by atoms with Gasteiger partial charge in [0.05, 0.1) is 16.8 Å². The van der Waals surface area contributed by atoms with E-state index in [0.717, 1.165) is 29.8 Å². The van der Waals surface area contributed by atoms with Gasteiger partial charge in [0, 0.05) is 29.4 Å². The van der Waals surface area contributed by atoms with Crippen LogP contribution in [-0.2, 0) is 6.18 Å². The van der Waals surface area contributed by atoms with Gasteiger partial charge < -0.3 is 4.90 Å². The van der Waals surface area contributed by atoms with E-state index in [0.29, 0.717) is 16.5 Å². The van der Waals surface area contributed by atoms with E-state index in [1.165, 1.54) is 18.3 Å². The second-order valence-corrected chi connectivity index (χ2v) is 8.59. The van der Waals surface area contributed by atoms with Crippen LogP contribution in [0.5, 0.6) is 0 Å². The van der Waals surface area contributed by atoms with Crippen molar-refractivity contribution in [2.75, 3.05) is 11.9 Å². The Morgan fingerprint density at radius 3 is 2.67 bits per heavy atom. The Hall–Kier alpha value is -2.54. The zero-order valence-corrected chi connectivity index (χ0v) is 17.9. The highest BCUT2D eigenvalue weighted by Gasteiger charge is 2.34. The number of rotatable bonds is 3. The van der Waals surface area contributed by atoms with Gasteiger partial charge in [0.15, 0.2) is 0 Å². The predicted molar refractivity (Wildman–Crippen MR) is 113 cm³/mol. The Kier molecular flexibility index (Phi) is 5.87. The number of hydrazone groups is 1. The van der Waals surface area contributed by atoms with Crippen LogP contribution in [-0.4, -0.2) is 24.7 Å². The molecule has 0 bridgehead atoms. The van der Waals surface area contributed by atoms with E-state index >= 15 is 0 Å². The molecule has 30 heavy (non-hydrogen) atoms. The lowest BCUT2D eigenvalue weighted by Crippen LogP contribution is -2.45. The number of halogens is 4. The van der Waals surface area contributed by atoms with Crippen LogP contribution in [0.2, 0.25) is 5.02 Å². The first-order chi connectivity index (χ1) is 13.9. The highest BCUT2D eigenvalue weighted by molar-refractivity contribution is 6.33. The summed E-state index contributed by atoms with van der Waals surface area (Å²) in [6, 6.07) is 7.99. The van der Waals surface area contributed by atoms with Crippen molar-refractivity contribution < 1.29 is 18.0 Å². The Morgan fingerprint density at radius 1 is 1.30 bits per heavy atom. The van der Waals surface area contributed by atoms with Gasteiger partial charge in [0.1, 0.15) is 0 Å². The molecule has 2 aromatic carbocycles. The maximum Gasteiger partial charge on any atom is 0.416 e. The highest BCUT2D eigenvalue weighted by Crippen LogP contribution is 2.44. The van der Waals surface area contributed by atoms with Crippen LogP contribution in [0, 0.1) is 0 Å². The number of hydrogen-bond acceptors (Lipinski definition) is 3. The molecule has 1 aliphatic rings. The number of carbonyl (C=O) groups excluding carboxylic acids is 1. The molecule has 0 saturated carbocycles.